The van der Waals surface area contributed by atoms with E-state index in [4.69, 9.17) is 5.11 Å². The molecule has 0 fully saturated rings. The number of aliphatic hydroxyl groups excluding tert-OH is 1. The lowest BCUT2D eigenvalue weighted by atomic mass is 10.3. The second-order valence-corrected chi connectivity index (χ2v) is 5.95. The third kappa shape index (κ3) is 4.92. The summed E-state index contributed by atoms with van der Waals surface area (Å²) in [5, 5.41) is 9.12. The van der Waals surface area contributed by atoms with E-state index in [0.717, 1.165) is 12.8 Å². The lowest BCUT2D eigenvalue weighted by Crippen LogP contribution is -2.42. The Labute approximate surface area is 92.9 Å². The molecule has 0 aliphatic carbocycles. The maximum Gasteiger partial charge on any atom is 0.281 e. The number of nitrogens with zero attached hydrogens (tertiary/aromatic N) is 2. The summed E-state index contributed by atoms with van der Waals surface area (Å²) in [6.07, 6.45) is 1.16. The Bertz CT molecular complexity index is 265. The van der Waals surface area contributed by atoms with Gasteiger partial charge in [-0.05, 0) is 13.3 Å². The fourth-order valence-corrected chi connectivity index (χ4v) is 2.44. The van der Waals surface area contributed by atoms with E-state index in [0.29, 0.717) is 6.54 Å². The third-order valence-corrected chi connectivity index (χ3v) is 4.04. The number of likely N-dealkylation sites (N-methyl/N-ethyl adjacent to an activating group) is 1. The van der Waals surface area contributed by atoms with E-state index in [1.54, 1.807) is 14.0 Å². The van der Waals surface area contributed by atoms with Gasteiger partial charge in [0.2, 0.25) is 0 Å². The Morgan fingerprint density at radius 3 is 2.20 bits per heavy atom. The topological polar surface area (TPSA) is 60.9 Å². The summed E-state index contributed by atoms with van der Waals surface area (Å²) in [4.78, 5) is 0. The predicted octanol–water partition coefficient (Wildman–Crippen LogP) is 0.276. The number of aliphatic hydroxyl groups is 1. The van der Waals surface area contributed by atoms with Crippen molar-refractivity contribution >= 4 is 10.2 Å². The van der Waals surface area contributed by atoms with Gasteiger partial charge in [0.25, 0.3) is 10.2 Å². The van der Waals surface area contributed by atoms with Crippen LogP contribution in [0.2, 0.25) is 0 Å². The van der Waals surface area contributed by atoms with Crippen molar-refractivity contribution in [3.8, 4) is 0 Å². The summed E-state index contributed by atoms with van der Waals surface area (Å²) in [6, 6.07) is 0. The maximum atomic E-state index is 11.8. The Morgan fingerprint density at radius 1 is 1.27 bits per heavy atom. The molecule has 0 aromatic carbocycles. The van der Waals surface area contributed by atoms with Crippen molar-refractivity contribution < 1.29 is 13.5 Å². The molecule has 92 valence electrons. The molecule has 0 bridgehead atoms. The highest BCUT2D eigenvalue weighted by Crippen LogP contribution is 2.06. The summed E-state index contributed by atoms with van der Waals surface area (Å²) < 4.78 is 26.1. The zero-order valence-electron chi connectivity index (χ0n) is 9.97. The van der Waals surface area contributed by atoms with Crippen LogP contribution in [0.1, 0.15) is 26.7 Å². The molecule has 1 atom stereocenters. The first-order chi connectivity index (χ1) is 6.82. The highest BCUT2D eigenvalue weighted by atomic mass is 32.2. The first-order valence-electron chi connectivity index (χ1n) is 5.18. The highest BCUT2D eigenvalue weighted by Gasteiger charge is 2.23. The van der Waals surface area contributed by atoms with Gasteiger partial charge in [-0.25, -0.2) is 0 Å². The van der Waals surface area contributed by atoms with Gasteiger partial charge in [0.05, 0.1) is 6.10 Å². The van der Waals surface area contributed by atoms with Gasteiger partial charge in [0.1, 0.15) is 0 Å². The van der Waals surface area contributed by atoms with Gasteiger partial charge in [-0.1, -0.05) is 13.3 Å². The van der Waals surface area contributed by atoms with E-state index in [-0.39, 0.29) is 6.54 Å². The molecule has 0 aliphatic heterocycles. The monoisotopic (exact) mass is 238 g/mol. The molecule has 0 aromatic rings. The van der Waals surface area contributed by atoms with Crippen LogP contribution < -0.4 is 0 Å². The van der Waals surface area contributed by atoms with E-state index in [1.165, 1.54) is 15.7 Å². The lowest BCUT2D eigenvalue weighted by Gasteiger charge is -2.25. The Hall–Kier alpha value is -0.170. The minimum absolute atomic E-state index is 0.124. The second-order valence-electron chi connectivity index (χ2n) is 3.81. The molecule has 1 N–H and O–H groups in total. The molecular weight excluding hydrogens is 216 g/mol. The van der Waals surface area contributed by atoms with Crippen molar-refractivity contribution in [1.82, 2.24) is 8.61 Å². The average Bonchev–Trinajstić information content (AvgIpc) is 2.12. The fourth-order valence-electron chi connectivity index (χ4n) is 1.20. The molecule has 6 heteroatoms. The quantitative estimate of drug-likeness (QED) is 0.693. The third-order valence-electron chi connectivity index (χ3n) is 2.14. The van der Waals surface area contributed by atoms with E-state index in [9.17, 15) is 8.42 Å². The molecule has 0 spiro atoms. The Morgan fingerprint density at radius 2 is 1.80 bits per heavy atom. The Kier molecular flexibility index (Phi) is 6.35. The predicted molar refractivity (Wildman–Crippen MR) is 60.8 cm³/mol. The van der Waals surface area contributed by atoms with Gasteiger partial charge in [-0.2, -0.15) is 17.0 Å². The highest BCUT2D eigenvalue weighted by molar-refractivity contribution is 7.86. The van der Waals surface area contributed by atoms with Crippen LogP contribution >= 0.6 is 0 Å². The number of rotatable bonds is 7. The smallest absolute Gasteiger partial charge is 0.281 e. The molecule has 0 saturated heterocycles. The van der Waals surface area contributed by atoms with Gasteiger partial charge in [-0.15, -0.1) is 0 Å². The van der Waals surface area contributed by atoms with Crippen molar-refractivity contribution in [2.75, 3.05) is 27.2 Å². The molecule has 0 radical (unpaired) electrons. The number of hydrogen-bond acceptors (Lipinski definition) is 3. The van der Waals surface area contributed by atoms with E-state index < -0.39 is 16.3 Å². The molecule has 0 aliphatic rings. The van der Waals surface area contributed by atoms with E-state index in [1.807, 2.05) is 6.92 Å². The summed E-state index contributed by atoms with van der Waals surface area (Å²) in [6.45, 7) is 4.22. The van der Waals surface area contributed by atoms with Gasteiger partial charge in [-0.3, -0.25) is 0 Å². The molecule has 1 unspecified atom stereocenters. The molecule has 0 aromatic heterocycles. The summed E-state index contributed by atoms with van der Waals surface area (Å²) in [5.41, 5.74) is 0. The van der Waals surface area contributed by atoms with Crippen LogP contribution in [0.15, 0.2) is 0 Å². The van der Waals surface area contributed by atoms with Crippen molar-refractivity contribution in [1.29, 1.82) is 0 Å². The number of unbranched alkanes of at least 4 members (excludes halogenated alkanes) is 1. The van der Waals surface area contributed by atoms with Crippen LogP contribution in [0.4, 0.5) is 0 Å². The fraction of sp³-hybridized carbons (Fsp3) is 1.00. The van der Waals surface area contributed by atoms with Gasteiger partial charge in [0, 0.05) is 27.2 Å². The maximum absolute atomic E-state index is 11.8. The van der Waals surface area contributed by atoms with Crippen LogP contribution in [0.5, 0.6) is 0 Å². The van der Waals surface area contributed by atoms with Crippen molar-refractivity contribution in [2.24, 2.45) is 0 Å². The zero-order valence-corrected chi connectivity index (χ0v) is 10.8. The molecule has 0 amide bonds. The molecule has 0 saturated carbocycles. The second kappa shape index (κ2) is 6.42. The van der Waals surface area contributed by atoms with Crippen LogP contribution in [0, 0.1) is 0 Å². The van der Waals surface area contributed by atoms with E-state index >= 15 is 0 Å². The van der Waals surface area contributed by atoms with Gasteiger partial charge in [0.15, 0.2) is 0 Å². The molecule has 5 nitrogen and oxygen atoms in total. The lowest BCUT2D eigenvalue weighted by molar-refractivity contribution is 0.168. The average molecular weight is 238 g/mol. The van der Waals surface area contributed by atoms with Gasteiger partial charge < -0.3 is 5.11 Å². The van der Waals surface area contributed by atoms with Crippen LogP contribution in [-0.2, 0) is 10.2 Å². The molecular formula is C9H22N2O3S. The molecule has 0 heterocycles. The SMILES string of the molecule is CCCCN(C)S(=O)(=O)N(C)CC(C)O. The standard InChI is InChI=1S/C9H22N2O3S/c1-5-6-7-10(3)15(13,14)11(4)8-9(2)12/h9,12H,5-8H2,1-4H3. The number of hydrogen-bond donors (Lipinski definition) is 1. The minimum atomic E-state index is -3.40. The Balaban J connectivity index is 4.38. The summed E-state index contributed by atoms with van der Waals surface area (Å²) in [5.74, 6) is 0. The first-order valence-corrected chi connectivity index (χ1v) is 6.57. The largest absolute Gasteiger partial charge is 0.392 e. The molecule has 0 rings (SSSR count). The zero-order chi connectivity index (χ0) is 12.1. The summed E-state index contributed by atoms with van der Waals surface area (Å²) in [7, 11) is -0.364. The van der Waals surface area contributed by atoms with Crippen molar-refractivity contribution in [3.05, 3.63) is 0 Å². The van der Waals surface area contributed by atoms with Crippen LogP contribution in [0.3, 0.4) is 0 Å². The van der Waals surface area contributed by atoms with Crippen LogP contribution in [0.25, 0.3) is 0 Å². The first kappa shape index (κ1) is 14.8. The summed E-state index contributed by atoms with van der Waals surface area (Å²) >= 11 is 0. The van der Waals surface area contributed by atoms with Crippen molar-refractivity contribution in [3.63, 3.8) is 0 Å². The van der Waals surface area contributed by atoms with E-state index in [2.05, 4.69) is 0 Å². The molecule has 15 heavy (non-hydrogen) atoms. The normalized spacial score (nSPS) is 14.9. The minimum Gasteiger partial charge on any atom is -0.392 e. The van der Waals surface area contributed by atoms with Crippen LogP contribution in [-0.4, -0.2) is 55.4 Å². The van der Waals surface area contributed by atoms with Crippen molar-refractivity contribution in [2.45, 2.75) is 32.8 Å². The van der Waals surface area contributed by atoms with Gasteiger partial charge >= 0.3 is 0 Å².